The smallest absolute Gasteiger partial charge is 0.217 e. The summed E-state index contributed by atoms with van der Waals surface area (Å²) >= 11 is 24.1. The van der Waals surface area contributed by atoms with E-state index >= 15 is 0 Å². The Morgan fingerprint density at radius 2 is 2.00 bits per heavy atom. The number of halogens is 4. The molecule has 0 aromatic heterocycles. The van der Waals surface area contributed by atoms with E-state index in [0.29, 0.717) is 6.42 Å². The van der Waals surface area contributed by atoms with Gasteiger partial charge in [-0.2, -0.15) is 0 Å². The van der Waals surface area contributed by atoms with Crippen LogP contribution in [0.5, 0.6) is 0 Å². The van der Waals surface area contributed by atoms with Crippen molar-refractivity contribution in [2.24, 2.45) is 0 Å². The van der Waals surface area contributed by atoms with Gasteiger partial charge in [-0.05, 0) is 12.8 Å². The molecule has 1 fully saturated rings. The molecule has 0 radical (unpaired) electrons. The van der Waals surface area contributed by atoms with E-state index in [4.69, 9.17) is 51.1 Å². The lowest BCUT2D eigenvalue weighted by atomic mass is 9.96. The van der Waals surface area contributed by atoms with E-state index in [-0.39, 0.29) is 6.10 Å². The molecular formula is C9H14Cl4O. The van der Waals surface area contributed by atoms with E-state index in [1.807, 2.05) is 6.92 Å². The van der Waals surface area contributed by atoms with E-state index in [9.17, 15) is 0 Å². The maximum Gasteiger partial charge on any atom is 0.217 e. The standard InChI is InChI=1S/C9H14Cl4O/c1-2-9(12,13)14-7-5-3-4-6-8(7,10)11/h7H,2-6H2,1H3. The van der Waals surface area contributed by atoms with Crippen molar-refractivity contribution in [3.8, 4) is 0 Å². The molecule has 0 bridgehead atoms. The first-order valence-electron chi connectivity index (χ1n) is 4.81. The van der Waals surface area contributed by atoms with Gasteiger partial charge < -0.3 is 4.74 Å². The van der Waals surface area contributed by atoms with Gasteiger partial charge in [-0.15, -0.1) is 0 Å². The maximum atomic E-state index is 6.12. The van der Waals surface area contributed by atoms with Gasteiger partial charge in [0.25, 0.3) is 0 Å². The van der Waals surface area contributed by atoms with Gasteiger partial charge in [0.15, 0.2) is 0 Å². The molecule has 1 unspecified atom stereocenters. The van der Waals surface area contributed by atoms with Crippen LogP contribution in [-0.2, 0) is 4.74 Å². The number of alkyl halides is 4. The molecule has 0 heterocycles. The minimum Gasteiger partial charge on any atom is -0.340 e. The molecule has 1 atom stereocenters. The third kappa shape index (κ3) is 3.61. The van der Waals surface area contributed by atoms with Crippen molar-refractivity contribution >= 4 is 46.4 Å². The van der Waals surface area contributed by atoms with Crippen LogP contribution in [0.1, 0.15) is 39.0 Å². The number of hydrogen-bond acceptors (Lipinski definition) is 1. The summed E-state index contributed by atoms with van der Waals surface area (Å²) in [5.41, 5.74) is 0. The summed E-state index contributed by atoms with van der Waals surface area (Å²) in [6, 6.07) is 0. The van der Waals surface area contributed by atoms with Crippen molar-refractivity contribution in [1.82, 2.24) is 0 Å². The van der Waals surface area contributed by atoms with Crippen LogP contribution in [0.2, 0.25) is 0 Å². The van der Waals surface area contributed by atoms with Crippen LogP contribution < -0.4 is 0 Å². The highest BCUT2D eigenvalue weighted by molar-refractivity contribution is 6.49. The Morgan fingerprint density at radius 3 is 2.50 bits per heavy atom. The largest absolute Gasteiger partial charge is 0.340 e. The number of hydrogen-bond donors (Lipinski definition) is 0. The van der Waals surface area contributed by atoms with Gasteiger partial charge in [0.1, 0.15) is 4.33 Å². The molecule has 1 nitrogen and oxygen atoms in total. The fourth-order valence-electron chi connectivity index (χ4n) is 1.50. The Balaban J connectivity index is 2.58. The Morgan fingerprint density at radius 1 is 1.36 bits per heavy atom. The van der Waals surface area contributed by atoms with Crippen molar-refractivity contribution in [3.63, 3.8) is 0 Å². The van der Waals surface area contributed by atoms with Crippen molar-refractivity contribution in [1.29, 1.82) is 0 Å². The average molecular weight is 280 g/mol. The summed E-state index contributed by atoms with van der Waals surface area (Å²) in [5.74, 6) is 0. The summed E-state index contributed by atoms with van der Waals surface area (Å²) in [7, 11) is 0. The zero-order valence-electron chi connectivity index (χ0n) is 8.03. The van der Waals surface area contributed by atoms with Crippen molar-refractivity contribution in [2.45, 2.75) is 54.0 Å². The van der Waals surface area contributed by atoms with Crippen LogP contribution >= 0.6 is 46.4 Å². The second kappa shape index (κ2) is 4.97. The first-order chi connectivity index (χ1) is 6.37. The van der Waals surface area contributed by atoms with Gasteiger partial charge in [-0.25, -0.2) is 0 Å². The molecule has 0 amide bonds. The second-order valence-corrected chi connectivity index (χ2v) is 6.56. The quantitative estimate of drug-likeness (QED) is 0.683. The lowest BCUT2D eigenvalue weighted by Crippen LogP contribution is -2.40. The lowest BCUT2D eigenvalue weighted by Gasteiger charge is -2.37. The molecule has 0 N–H and O–H groups in total. The molecule has 0 spiro atoms. The molecule has 0 saturated heterocycles. The minimum atomic E-state index is -1.17. The average Bonchev–Trinajstić information content (AvgIpc) is 2.09. The lowest BCUT2D eigenvalue weighted by molar-refractivity contribution is -0.0198. The zero-order chi connectivity index (χ0) is 10.8. The topological polar surface area (TPSA) is 9.23 Å². The molecule has 1 saturated carbocycles. The molecule has 84 valence electrons. The van der Waals surface area contributed by atoms with E-state index < -0.39 is 8.85 Å². The molecule has 0 aliphatic heterocycles. The van der Waals surface area contributed by atoms with Gasteiger partial charge >= 0.3 is 0 Å². The summed E-state index contributed by atoms with van der Waals surface area (Å²) in [6.45, 7) is 1.85. The molecule has 1 rings (SSSR count). The highest BCUT2D eigenvalue weighted by atomic mass is 35.5. The van der Waals surface area contributed by atoms with Crippen molar-refractivity contribution in [3.05, 3.63) is 0 Å². The van der Waals surface area contributed by atoms with Crippen molar-refractivity contribution < 1.29 is 4.74 Å². The van der Waals surface area contributed by atoms with Crippen LogP contribution in [-0.4, -0.2) is 15.0 Å². The molecular weight excluding hydrogens is 266 g/mol. The normalized spacial score (nSPS) is 27.6. The maximum absolute atomic E-state index is 6.12. The SMILES string of the molecule is CCC(Cl)(Cl)OC1CCCCC1(Cl)Cl. The fraction of sp³-hybridized carbons (Fsp3) is 1.00. The molecule has 0 aromatic rings. The predicted molar refractivity (Wildman–Crippen MR) is 62.5 cm³/mol. The molecule has 1 aliphatic carbocycles. The first kappa shape index (κ1) is 13.2. The monoisotopic (exact) mass is 278 g/mol. The highest BCUT2D eigenvalue weighted by Crippen LogP contribution is 2.43. The van der Waals surface area contributed by atoms with E-state index in [0.717, 1.165) is 25.7 Å². The summed E-state index contributed by atoms with van der Waals surface area (Å²) in [6.07, 6.45) is 3.86. The first-order valence-corrected chi connectivity index (χ1v) is 6.32. The van der Waals surface area contributed by atoms with Crippen LogP contribution in [0.3, 0.4) is 0 Å². The van der Waals surface area contributed by atoms with Gasteiger partial charge in [0.05, 0.1) is 6.10 Å². The predicted octanol–water partition coefficient (Wildman–Crippen LogP) is 4.66. The summed E-state index contributed by atoms with van der Waals surface area (Å²) in [5, 5.41) is 0. The molecule has 0 aromatic carbocycles. The zero-order valence-corrected chi connectivity index (χ0v) is 11.1. The third-order valence-electron chi connectivity index (χ3n) is 2.42. The van der Waals surface area contributed by atoms with Crippen molar-refractivity contribution in [2.75, 3.05) is 0 Å². The molecule has 5 heteroatoms. The Hall–Kier alpha value is 1.12. The Bertz CT molecular complexity index is 193. The van der Waals surface area contributed by atoms with Crippen LogP contribution in [0.25, 0.3) is 0 Å². The van der Waals surface area contributed by atoms with E-state index in [2.05, 4.69) is 0 Å². The van der Waals surface area contributed by atoms with Crippen LogP contribution in [0.4, 0.5) is 0 Å². The molecule has 14 heavy (non-hydrogen) atoms. The van der Waals surface area contributed by atoms with Crippen LogP contribution in [0.15, 0.2) is 0 Å². The molecule has 1 aliphatic rings. The van der Waals surface area contributed by atoms with Gasteiger partial charge in [-0.1, -0.05) is 66.2 Å². The van der Waals surface area contributed by atoms with E-state index in [1.165, 1.54) is 0 Å². The second-order valence-electron chi connectivity index (χ2n) is 3.60. The van der Waals surface area contributed by atoms with Gasteiger partial charge in [0, 0.05) is 6.42 Å². The number of rotatable bonds is 3. The fourth-order valence-corrected chi connectivity index (χ4v) is 2.29. The Kier molecular flexibility index (Phi) is 4.68. The van der Waals surface area contributed by atoms with E-state index in [1.54, 1.807) is 0 Å². The minimum absolute atomic E-state index is 0.269. The van der Waals surface area contributed by atoms with Gasteiger partial charge in [-0.3, -0.25) is 0 Å². The summed E-state index contributed by atoms with van der Waals surface area (Å²) in [4.78, 5) is 0. The Labute approximate surface area is 105 Å². The van der Waals surface area contributed by atoms with Crippen LogP contribution in [0, 0.1) is 0 Å². The summed E-state index contributed by atoms with van der Waals surface area (Å²) < 4.78 is 3.50. The third-order valence-corrected chi connectivity index (χ3v) is 4.00. The highest BCUT2D eigenvalue weighted by Gasteiger charge is 2.42. The van der Waals surface area contributed by atoms with Gasteiger partial charge in [0.2, 0.25) is 4.52 Å². The number of ether oxygens (including phenoxy) is 1.